The van der Waals surface area contributed by atoms with Crippen molar-refractivity contribution in [2.45, 2.75) is 62.7 Å². The fraction of sp³-hybridized carbons (Fsp3) is 0.923. The van der Waals surface area contributed by atoms with Gasteiger partial charge in [0.25, 0.3) is 0 Å². The third-order valence-corrected chi connectivity index (χ3v) is 5.16. The van der Waals surface area contributed by atoms with Crippen LogP contribution < -0.4 is 11.1 Å². The summed E-state index contributed by atoms with van der Waals surface area (Å²) in [4.78, 5) is 11.8. The van der Waals surface area contributed by atoms with E-state index in [0.29, 0.717) is 0 Å². The zero-order valence-corrected chi connectivity index (χ0v) is 11.9. The van der Waals surface area contributed by atoms with E-state index in [1.165, 1.54) is 25.7 Å². The second-order valence-electron chi connectivity index (χ2n) is 5.06. The largest absolute Gasteiger partial charge is 0.353 e. The molecule has 0 aromatic carbocycles. The fourth-order valence-electron chi connectivity index (χ4n) is 2.41. The maximum absolute atomic E-state index is 11.8. The predicted octanol–water partition coefficient (Wildman–Crippen LogP) is 2.30. The molecule has 1 fully saturated rings. The van der Waals surface area contributed by atoms with Crippen LogP contribution in [0.5, 0.6) is 0 Å². The highest BCUT2D eigenvalue weighted by atomic mass is 32.2. The lowest BCUT2D eigenvalue weighted by atomic mass is 10.1. The maximum Gasteiger partial charge on any atom is 0.236 e. The Labute approximate surface area is 109 Å². The third-order valence-electron chi connectivity index (χ3n) is 3.74. The van der Waals surface area contributed by atoms with Crippen LogP contribution in [0.3, 0.4) is 0 Å². The van der Waals surface area contributed by atoms with Gasteiger partial charge in [0.05, 0.1) is 6.04 Å². The Kier molecular flexibility index (Phi) is 6.34. The van der Waals surface area contributed by atoms with Gasteiger partial charge in [0, 0.05) is 11.3 Å². The summed E-state index contributed by atoms with van der Waals surface area (Å²) in [6.07, 6.45) is 10.1. The van der Waals surface area contributed by atoms with Crippen molar-refractivity contribution in [1.29, 1.82) is 0 Å². The predicted molar refractivity (Wildman–Crippen MR) is 75.2 cm³/mol. The zero-order valence-electron chi connectivity index (χ0n) is 11.1. The van der Waals surface area contributed by atoms with E-state index in [1.54, 1.807) is 0 Å². The summed E-state index contributed by atoms with van der Waals surface area (Å²) in [5, 5.41) is 3.04. The van der Waals surface area contributed by atoms with Crippen molar-refractivity contribution in [1.82, 2.24) is 5.32 Å². The molecule has 1 saturated carbocycles. The van der Waals surface area contributed by atoms with Gasteiger partial charge < -0.3 is 11.1 Å². The van der Waals surface area contributed by atoms with E-state index in [4.69, 9.17) is 5.73 Å². The van der Waals surface area contributed by atoms with Gasteiger partial charge in [-0.15, -0.1) is 0 Å². The summed E-state index contributed by atoms with van der Waals surface area (Å²) < 4.78 is 0.278. The minimum atomic E-state index is -0.324. The Morgan fingerprint density at radius 3 is 2.65 bits per heavy atom. The van der Waals surface area contributed by atoms with Gasteiger partial charge in [-0.3, -0.25) is 4.79 Å². The molecule has 1 aliphatic rings. The number of hydrogen-bond acceptors (Lipinski definition) is 3. The third kappa shape index (κ3) is 4.51. The summed E-state index contributed by atoms with van der Waals surface area (Å²) in [5.41, 5.74) is 5.85. The summed E-state index contributed by atoms with van der Waals surface area (Å²) in [6, 6.07) is -0.324. The first-order valence-electron chi connectivity index (χ1n) is 6.72. The molecule has 3 nitrogen and oxygen atoms in total. The average Bonchev–Trinajstić information content (AvgIpc) is 2.82. The Balaban J connectivity index is 2.31. The number of carbonyl (C=O) groups excluding carboxylic acids is 1. The Morgan fingerprint density at radius 1 is 1.47 bits per heavy atom. The second kappa shape index (κ2) is 7.27. The average molecular weight is 258 g/mol. The molecule has 0 heterocycles. The molecule has 3 N–H and O–H groups in total. The first-order chi connectivity index (χ1) is 8.13. The minimum Gasteiger partial charge on any atom is -0.353 e. The summed E-state index contributed by atoms with van der Waals surface area (Å²) >= 11 is 1.90. The molecule has 100 valence electrons. The van der Waals surface area contributed by atoms with E-state index in [-0.39, 0.29) is 16.7 Å². The molecule has 1 aliphatic carbocycles. The zero-order chi connectivity index (χ0) is 12.7. The van der Waals surface area contributed by atoms with Gasteiger partial charge in [0.2, 0.25) is 5.91 Å². The quantitative estimate of drug-likeness (QED) is 0.736. The lowest BCUT2D eigenvalue weighted by Gasteiger charge is -2.27. The molecule has 0 saturated heterocycles. The van der Waals surface area contributed by atoms with Crippen LogP contribution in [0, 0.1) is 0 Å². The molecule has 0 aromatic heterocycles. The number of thioether (sulfide) groups is 1. The second-order valence-corrected chi connectivity index (χ2v) is 6.34. The van der Waals surface area contributed by atoms with Gasteiger partial charge in [-0.2, -0.15) is 11.8 Å². The molecule has 0 radical (unpaired) electrons. The van der Waals surface area contributed by atoms with E-state index in [1.807, 2.05) is 11.8 Å². The highest BCUT2D eigenvalue weighted by molar-refractivity contribution is 8.00. The fourth-order valence-corrected chi connectivity index (χ4v) is 3.32. The summed E-state index contributed by atoms with van der Waals surface area (Å²) in [5.74, 6) is 0.0266. The highest BCUT2D eigenvalue weighted by Gasteiger charge is 2.33. The highest BCUT2D eigenvalue weighted by Crippen LogP contribution is 2.39. The molecular weight excluding hydrogens is 232 g/mol. The maximum atomic E-state index is 11.8. The van der Waals surface area contributed by atoms with E-state index in [0.717, 1.165) is 25.8 Å². The van der Waals surface area contributed by atoms with Gasteiger partial charge in [0.1, 0.15) is 0 Å². The normalized spacial score (nSPS) is 20.2. The molecule has 1 unspecified atom stereocenters. The van der Waals surface area contributed by atoms with Crippen LogP contribution in [-0.2, 0) is 4.79 Å². The van der Waals surface area contributed by atoms with Crippen LogP contribution in [-0.4, -0.2) is 29.5 Å². The van der Waals surface area contributed by atoms with Crippen LogP contribution in [0.15, 0.2) is 0 Å². The van der Waals surface area contributed by atoms with Gasteiger partial charge in [0.15, 0.2) is 0 Å². The lowest BCUT2D eigenvalue weighted by Crippen LogP contribution is -2.46. The number of hydrogen-bond donors (Lipinski definition) is 2. The monoisotopic (exact) mass is 258 g/mol. The lowest BCUT2D eigenvalue weighted by molar-refractivity contribution is -0.122. The van der Waals surface area contributed by atoms with Crippen molar-refractivity contribution in [2.24, 2.45) is 5.73 Å². The van der Waals surface area contributed by atoms with Gasteiger partial charge in [-0.25, -0.2) is 0 Å². The molecule has 1 rings (SSSR count). The SMILES string of the molecule is CCCCC(N)C(=O)NCC1(SC)CCCC1. The number of rotatable bonds is 7. The number of unbranched alkanes of at least 4 members (excludes halogenated alkanes) is 1. The number of carbonyl (C=O) groups is 1. The van der Waals surface area contributed by atoms with Crippen molar-refractivity contribution in [3.63, 3.8) is 0 Å². The van der Waals surface area contributed by atoms with Crippen molar-refractivity contribution in [3.8, 4) is 0 Å². The van der Waals surface area contributed by atoms with Crippen molar-refractivity contribution in [3.05, 3.63) is 0 Å². The molecule has 0 aliphatic heterocycles. The van der Waals surface area contributed by atoms with E-state index in [9.17, 15) is 4.79 Å². The van der Waals surface area contributed by atoms with Crippen LogP contribution in [0.25, 0.3) is 0 Å². The van der Waals surface area contributed by atoms with E-state index >= 15 is 0 Å². The molecular formula is C13H26N2OS. The topological polar surface area (TPSA) is 55.1 Å². The number of nitrogens with two attached hydrogens (primary N) is 1. The molecule has 4 heteroatoms. The van der Waals surface area contributed by atoms with Crippen LogP contribution in [0.2, 0.25) is 0 Å². The molecule has 0 spiro atoms. The summed E-state index contributed by atoms with van der Waals surface area (Å²) in [6.45, 7) is 2.90. The van der Waals surface area contributed by atoms with Gasteiger partial charge >= 0.3 is 0 Å². The minimum absolute atomic E-state index is 0.0266. The van der Waals surface area contributed by atoms with Crippen molar-refractivity contribution >= 4 is 17.7 Å². The molecule has 0 bridgehead atoms. The molecule has 1 atom stereocenters. The number of nitrogens with one attached hydrogen (secondary N) is 1. The first kappa shape index (κ1) is 14.8. The Morgan fingerprint density at radius 2 is 2.12 bits per heavy atom. The van der Waals surface area contributed by atoms with Crippen LogP contribution in [0.1, 0.15) is 51.9 Å². The van der Waals surface area contributed by atoms with E-state index in [2.05, 4.69) is 18.5 Å². The summed E-state index contributed by atoms with van der Waals surface area (Å²) in [7, 11) is 0. The molecule has 1 amide bonds. The van der Waals surface area contributed by atoms with Crippen molar-refractivity contribution in [2.75, 3.05) is 12.8 Å². The molecule has 0 aromatic rings. The first-order valence-corrected chi connectivity index (χ1v) is 7.94. The van der Waals surface area contributed by atoms with Crippen LogP contribution in [0.4, 0.5) is 0 Å². The standard InChI is InChI=1S/C13H26N2OS/c1-3-4-7-11(14)12(16)15-10-13(17-2)8-5-6-9-13/h11H,3-10,14H2,1-2H3,(H,15,16). The Bertz CT molecular complexity index is 240. The smallest absolute Gasteiger partial charge is 0.236 e. The van der Waals surface area contributed by atoms with Gasteiger partial charge in [-0.1, -0.05) is 32.6 Å². The van der Waals surface area contributed by atoms with Crippen molar-refractivity contribution < 1.29 is 4.79 Å². The Hall–Kier alpha value is -0.220. The molecule has 17 heavy (non-hydrogen) atoms. The van der Waals surface area contributed by atoms with Gasteiger partial charge in [-0.05, 0) is 25.5 Å². The number of amides is 1. The van der Waals surface area contributed by atoms with Crippen LogP contribution >= 0.6 is 11.8 Å². The van der Waals surface area contributed by atoms with E-state index < -0.39 is 0 Å².